The Morgan fingerprint density at radius 3 is 2.35 bits per heavy atom. The van der Waals surface area contributed by atoms with Gasteiger partial charge in [-0.2, -0.15) is 0 Å². The first kappa shape index (κ1) is 22.8. The second-order valence-electron chi connectivity index (χ2n) is 7.70. The van der Waals surface area contributed by atoms with Crippen molar-refractivity contribution in [2.45, 2.75) is 52.5 Å². The van der Waals surface area contributed by atoms with Crippen LogP contribution in [-0.4, -0.2) is 22.6 Å². The summed E-state index contributed by atoms with van der Waals surface area (Å²) in [6.07, 6.45) is 1.27. The van der Waals surface area contributed by atoms with E-state index >= 15 is 0 Å². The number of hydrogen-bond donors (Lipinski definition) is 2. The summed E-state index contributed by atoms with van der Waals surface area (Å²) in [5, 5.41) is 7.82. The van der Waals surface area contributed by atoms with Crippen molar-refractivity contribution in [2.75, 3.05) is 16.4 Å². The number of nitrogens with one attached hydrogen (secondary N) is 2. The van der Waals surface area contributed by atoms with Gasteiger partial charge >= 0.3 is 0 Å². The zero-order chi connectivity index (χ0) is 22.5. The van der Waals surface area contributed by atoms with Crippen LogP contribution in [0.15, 0.2) is 41.4 Å². The molecule has 0 bridgehead atoms. The third-order valence-electron chi connectivity index (χ3n) is 5.31. The number of fused-ring (bicyclic) bond motifs is 1. The Balaban J connectivity index is 1.72. The minimum Gasteiger partial charge on any atom is -0.326 e. The number of rotatable bonds is 7. The first-order chi connectivity index (χ1) is 14.8. The van der Waals surface area contributed by atoms with Gasteiger partial charge in [0.1, 0.15) is 5.03 Å². The van der Waals surface area contributed by atoms with Gasteiger partial charge < -0.3 is 10.6 Å². The topological polar surface area (TPSA) is 71.1 Å². The summed E-state index contributed by atoms with van der Waals surface area (Å²) in [5.74, 6) is 0.105. The van der Waals surface area contributed by atoms with E-state index in [0.29, 0.717) is 17.8 Å². The van der Waals surface area contributed by atoms with E-state index in [1.54, 1.807) is 13.0 Å². The second kappa shape index (κ2) is 9.96. The Morgan fingerprint density at radius 1 is 0.903 bits per heavy atom. The molecule has 0 aliphatic rings. The molecule has 3 aromatic rings. The summed E-state index contributed by atoms with van der Waals surface area (Å²) >= 11 is 1.45. The van der Waals surface area contributed by atoms with Gasteiger partial charge in [0.05, 0.1) is 11.3 Å². The van der Waals surface area contributed by atoms with Crippen molar-refractivity contribution in [1.29, 1.82) is 0 Å². The number of benzene rings is 2. The molecule has 1 aromatic heterocycles. The molecule has 31 heavy (non-hydrogen) atoms. The maximum Gasteiger partial charge on any atom is 0.234 e. The van der Waals surface area contributed by atoms with Gasteiger partial charge in [0.15, 0.2) is 0 Å². The van der Waals surface area contributed by atoms with Crippen molar-refractivity contribution in [1.82, 2.24) is 4.98 Å². The highest BCUT2D eigenvalue weighted by Gasteiger charge is 2.12. The number of carbonyl (C=O) groups is 2. The monoisotopic (exact) mass is 435 g/mol. The van der Waals surface area contributed by atoms with E-state index in [2.05, 4.69) is 49.6 Å². The summed E-state index contributed by atoms with van der Waals surface area (Å²) < 4.78 is 0. The van der Waals surface area contributed by atoms with Gasteiger partial charge in [-0.15, -0.1) is 0 Å². The van der Waals surface area contributed by atoms with Gasteiger partial charge in [-0.05, 0) is 79.8 Å². The quantitative estimate of drug-likeness (QED) is 0.460. The fourth-order valence-corrected chi connectivity index (χ4v) is 4.14. The van der Waals surface area contributed by atoms with Gasteiger partial charge in [0.2, 0.25) is 11.8 Å². The Morgan fingerprint density at radius 2 is 1.65 bits per heavy atom. The standard InChI is InChI=1S/C25H29N3O2S/c1-6-18-12-19-10-16(4)17(5)11-22(19)28-25(18)31-14-24(30)26-20-9-8-15(3)21(13-20)27-23(29)7-2/h8-13H,6-7,14H2,1-5H3,(H,26,30)(H,27,29). The molecule has 0 spiro atoms. The first-order valence-electron chi connectivity index (χ1n) is 10.5. The lowest BCUT2D eigenvalue weighted by atomic mass is 10.0. The largest absolute Gasteiger partial charge is 0.326 e. The molecule has 0 aliphatic carbocycles. The third kappa shape index (κ3) is 5.64. The molecule has 6 heteroatoms. The van der Waals surface area contributed by atoms with Crippen LogP contribution in [-0.2, 0) is 16.0 Å². The number of thioether (sulfide) groups is 1. The average Bonchev–Trinajstić information content (AvgIpc) is 2.74. The van der Waals surface area contributed by atoms with Crippen LogP contribution in [0.3, 0.4) is 0 Å². The molecule has 0 fully saturated rings. The highest BCUT2D eigenvalue weighted by atomic mass is 32.2. The molecule has 0 unspecified atom stereocenters. The number of aryl methyl sites for hydroxylation is 4. The zero-order valence-corrected chi connectivity index (χ0v) is 19.6. The van der Waals surface area contributed by atoms with Crippen LogP contribution >= 0.6 is 11.8 Å². The summed E-state index contributed by atoms with van der Waals surface area (Å²) in [6, 6.07) is 12.0. The van der Waals surface area contributed by atoms with Crippen LogP contribution in [0, 0.1) is 20.8 Å². The van der Waals surface area contributed by atoms with Crippen LogP contribution in [0.5, 0.6) is 0 Å². The molecule has 0 atom stereocenters. The van der Waals surface area contributed by atoms with E-state index in [9.17, 15) is 9.59 Å². The predicted octanol–water partition coefficient (Wildman–Crippen LogP) is 5.80. The van der Waals surface area contributed by atoms with Gasteiger partial charge in [-0.25, -0.2) is 4.98 Å². The molecule has 2 N–H and O–H groups in total. The molecule has 0 saturated carbocycles. The van der Waals surface area contributed by atoms with Gasteiger partial charge in [-0.3, -0.25) is 9.59 Å². The SMILES string of the molecule is CCC(=O)Nc1cc(NC(=O)CSc2nc3cc(C)c(C)cc3cc2CC)ccc1C. The normalized spacial score (nSPS) is 10.9. The van der Waals surface area contributed by atoms with Crippen molar-refractivity contribution >= 4 is 45.9 Å². The minimum absolute atomic E-state index is 0.0537. The molecule has 2 amide bonds. The van der Waals surface area contributed by atoms with E-state index in [1.165, 1.54) is 22.9 Å². The molecule has 1 heterocycles. The Hall–Kier alpha value is -2.86. The number of aromatic nitrogens is 1. The van der Waals surface area contributed by atoms with E-state index in [1.807, 2.05) is 19.1 Å². The maximum atomic E-state index is 12.6. The summed E-state index contributed by atoms with van der Waals surface area (Å²) in [7, 11) is 0. The van der Waals surface area contributed by atoms with Crippen LogP contribution in [0.4, 0.5) is 11.4 Å². The van der Waals surface area contributed by atoms with Crippen LogP contribution in [0.25, 0.3) is 10.9 Å². The van der Waals surface area contributed by atoms with Crippen molar-refractivity contribution < 1.29 is 9.59 Å². The fourth-order valence-electron chi connectivity index (χ4n) is 3.25. The number of hydrogen-bond acceptors (Lipinski definition) is 4. The van der Waals surface area contributed by atoms with E-state index in [0.717, 1.165) is 33.5 Å². The van der Waals surface area contributed by atoms with Gasteiger partial charge in [0.25, 0.3) is 0 Å². The van der Waals surface area contributed by atoms with Crippen molar-refractivity contribution in [3.8, 4) is 0 Å². The Bertz CT molecular complexity index is 1140. The predicted molar refractivity (Wildman–Crippen MR) is 130 cm³/mol. The number of carbonyl (C=O) groups excluding carboxylic acids is 2. The van der Waals surface area contributed by atoms with Gasteiger partial charge in [0, 0.05) is 23.2 Å². The van der Waals surface area contributed by atoms with Crippen LogP contribution in [0.2, 0.25) is 0 Å². The van der Waals surface area contributed by atoms with E-state index in [-0.39, 0.29) is 17.6 Å². The lowest BCUT2D eigenvalue weighted by molar-refractivity contribution is -0.116. The molecular formula is C25H29N3O2S. The summed E-state index contributed by atoms with van der Waals surface area (Å²) in [5.41, 5.74) is 6.90. The highest BCUT2D eigenvalue weighted by molar-refractivity contribution is 8.00. The number of amides is 2. The Kier molecular flexibility index (Phi) is 7.33. The molecule has 0 saturated heterocycles. The molecule has 3 rings (SSSR count). The molecule has 2 aromatic carbocycles. The van der Waals surface area contributed by atoms with Gasteiger partial charge in [-0.1, -0.05) is 31.7 Å². The molecule has 162 valence electrons. The molecule has 0 aliphatic heterocycles. The molecule has 5 nitrogen and oxygen atoms in total. The highest BCUT2D eigenvalue weighted by Crippen LogP contribution is 2.28. The summed E-state index contributed by atoms with van der Waals surface area (Å²) in [4.78, 5) is 29.1. The van der Waals surface area contributed by atoms with Crippen LogP contribution in [0.1, 0.15) is 42.5 Å². The van der Waals surface area contributed by atoms with Crippen molar-refractivity contribution in [3.63, 3.8) is 0 Å². The zero-order valence-electron chi connectivity index (χ0n) is 18.8. The molecule has 0 radical (unpaired) electrons. The lowest BCUT2D eigenvalue weighted by Gasteiger charge is -2.12. The fraction of sp³-hybridized carbons (Fsp3) is 0.320. The van der Waals surface area contributed by atoms with Crippen LogP contribution < -0.4 is 10.6 Å². The maximum absolute atomic E-state index is 12.6. The lowest BCUT2D eigenvalue weighted by Crippen LogP contribution is -2.15. The van der Waals surface area contributed by atoms with Crippen molar-refractivity contribution in [2.24, 2.45) is 0 Å². The smallest absolute Gasteiger partial charge is 0.234 e. The number of pyridine rings is 1. The summed E-state index contributed by atoms with van der Waals surface area (Å²) in [6.45, 7) is 10.0. The minimum atomic E-state index is -0.106. The number of nitrogens with zero attached hydrogens (tertiary/aromatic N) is 1. The second-order valence-corrected chi connectivity index (χ2v) is 8.67. The first-order valence-corrected chi connectivity index (χ1v) is 11.5. The van der Waals surface area contributed by atoms with Crippen molar-refractivity contribution in [3.05, 3.63) is 58.7 Å². The van der Waals surface area contributed by atoms with E-state index < -0.39 is 0 Å². The molecular weight excluding hydrogens is 406 g/mol. The third-order valence-corrected chi connectivity index (χ3v) is 6.34. The Labute approximate surface area is 188 Å². The number of anilines is 2. The average molecular weight is 436 g/mol. The van der Waals surface area contributed by atoms with E-state index in [4.69, 9.17) is 4.98 Å².